The van der Waals surface area contributed by atoms with Gasteiger partial charge in [0.15, 0.2) is 0 Å². The molecule has 4 aromatic rings. The average molecular weight is 358 g/mol. The van der Waals surface area contributed by atoms with E-state index in [2.05, 4.69) is 15.5 Å². The van der Waals surface area contributed by atoms with Gasteiger partial charge in [0.25, 0.3) is 5.69 Å². The highest BCUT2D eigenvalue weighted by Crippen LogP contribution is 2.25. The van der Waals surface area contributed by atoms with Crippen LogP contribution in [-0.2, 0) is 0 Å². The fraction of sp³-hybridized carbons (Fsp3) is 0. The van der Waals surface area contributed by atoms with E-state index in [4.69, 9.17) is 4.42 Å². The summed E-state index contributed by atoms with van der Waals surface area (Å²) in [7, 11) is 0. The third-order valence-corrected chi connectivity index (χ3v) is 3.98. The number of nitro benzene ring substituents is 1. The highest BCUT2D eigenvalue weighted by Gasteiger charge is 2.09. The summed E-state index contributed by atoms with van der Waals surface area (Å²) in [6.45, 7) is 0. The van der Waals surface area contributed by atoms with Gasteiger partial charge in [-0.1, -0.05) is 30.3 Å². The van der Waals surface area contributed by atoms with Crippen molar-refractivity contribution in [2.75, 3.05) is 5.43 Å². The van der Waals surface area contributed by atoms with Crippen LogP contribution in [0, 0.1) is 10.1 Å². The van der Waals surface area contributed by atoms with Gasteiger partial charge in [0.1, 0.15) is 11.5 Å². The molecule has 1 N–H and O–H groups in total. The second-order valence-electron chi connectivity index (χ2n) is 5.76. The van der Waals surface area contributed by atoms with Crippen LogP contribution in [0.1, 0.15) is 5.76 Å². The molecule has 7 nitrogen and oxygen atoms in total. The number of aromatic nitrogens is 1. The number of benzene rings is 2. The zero-order chi connectivity index (χ0) is 18.6. The molecule has 0 aliphatic carbocycles. The molecular formula is C20H14N4O3. The highest BCUT2D eigenvalue weighted by molar-refractivity contribution is 5.90. The van der Waals surface area contributed by atoms with E-state index in [1.54, 1.807) is 36.7 Å². The average Bonchev–Trinajstić information content (AvgIpc) is 3.17. The van der Waals surface area contributed by atoms with Crippen LogP contribution in [-0.4, -0.2) is 16.1 Å². The number of pyridine rings is 1. The first-order valence-electron chi connectivity index (χ1n) is 8.18. The van der Waals surface area contributed by atoms with E-state index in [1.807, 2.05) is 30.3 Å². The smallest absolute Gasteiger partial charge is 0.270 e. The number of furan rings is 1. The standard InChI is InChI=1S/C20H14N4O3/c25-24(26)16-7-1-5-15(12-16)19-10-9-17(27-19)13-22-23-18-8-2-4-14-6-3-11-21-20(14)18/h1-13,23H/b22-13-. The van der Waals surface area contributed by atoms with Crippen LogP contribution in [0.2, 0.25) is 0 Å². The third kappa shape index (κ3) is 3.52. The lowest BCUT2D eigenvalue weighted by Gasteiger charge is -2.03. The van der Waals surface area contributed by atoms with Gasteiger partial charge >= 0.3 is 0 Å². The molecule has 0 atom stereocenters. The van der Waals surface area contributed by atoms with Crippen LogP contribution >= 0.6 is 0 Å². The van der Waals surface area contributed by atoms with Crippen molar-refractivity contribution in [1.82, 2.24) is 4.98 Å². The maximum atomic E-state index is 10.9. The van der Waals surface area contributed by atoms with Crippen molar-refractivity contribution in [1.29, 1.82) is 0 Å². The number of nitro groups is 1. The molecule has 0 spiro atoms. The van der Waals surface area contributed by atoms with E-state index < -0.39 is 4.92 Å². The van der Waals surface area contributed by atoms with Crippen molar-refractivity contribution in [2.45, 2.75) is 0 Å². The minimum Gasteiger partial charge on any atom is -0.455 e. The minimum absolute atomic E-state index is 0.0178. The molecule has 0 aliphatic rings. The number of hydrazone groups is 1. The summed E-state index contributed by atoms with van der Waals surface area (Å²) < 4.78 is 5.70. The molecule has 0 amide bonds. The number of anilines is 1. The van der Waals surface area contributed by atoms with Crippen molar-refractivity contribution in [2.24, 2.45) is 5.10 Å². The first-order valence-corrected chi connectivity index (χ1v) is 8.18. The van der Waals surface area contributed by atoms with E-state index in [0.29, 0.717) is 17.1 Å². The second kappa shape index (κ2) is 7.09. The molecule has 2 aromatic heterocycles. The largest absolute Gasteiger partial charge is 0.455 e. The number of rotatable bonds is 5. The lowest BCUT2D eigenvalue weighted by molar-refractivity contribution is -0.384. The van der Waals surface area contributed by atoms with E-state index in [0.717, 1.165) is 16.6 Å². The van der Waals surface area contributed by atoms with Crippen molar-refractivity contribution < 1.29 is 9.34 Å². The molecule has 2 aromatic carbocycles. The molecule has 27 heavy (non-hydrogen) atoms. The van der Waals surface area contributed by atoms with Gasteiger partial charge in [-0.05, 0) is 24.3 Å². The Kier molecular flexibility index (Phi) is 4.32. The van der Waals surface area contributed by atoms with Gasteiger partial charge in [0.05, 0.1) is 22.3 Å². The van der Waals surface area contributed by atoms with E-state index in [9.17, 15) is 10.1 Å². The molecule has 0 saturated heterocycles. The first-order chi connectivity index (χ1) is 13.2. The van der Waals surface area contributed by atoms with Crippen LogP contribution < -0.4 is 5.43 Å². The maximum Gasteiger partial charge on any atom is 0.270 e. The van der Waals surface area contributed by atoms with E-state index in [-0.39, 0.29) is 5.69 Å². The Bertz CT molecular complexity index is 1150. The fourth-order valence-electron chi connectivity index (χ4n) is 2.71. The first kappa shape index (κ1) is 16.5. The molecule has 0 fully saturated rings. The van der Waals surface area contributed by atoms with Crippen molar-refractivity contribution in [3.05, 3.63) is 88.8 Å². The predicted molar refractivity (Wildman–Crippen MR) is 104 cm³/mol. The van der Waals surface area contributed by atoms with Crippen LogP contribution in [0.15, 0.2) is 82.4 Å². The Hall–Kier alpha value is -4.00. The predicted octanol–water partition coefficient (Wildman–Crippen LogP) is 4.85. The van der Waals surface area contributed by atoms with Crippen molar-refractivity contribution in [3.63, 3.8) is 0 Å². The maximum absolute atomic E-state index is 10.9. The summed E-state index contributed by atoms with van der Waals surface area (Å²) in [5.74, 6) is 1.06. The van der Waals surface area contributed by atoms with Crippen molar-refractivity contribution in [3.8, 4) is 11.3 Å². The molecule has 7 heteroatoms. The number of para-hydroxylation sites is 1. The molecule has 0 aliphatic heterocycles. The summed E-state index contributed by atoms with van der Waals surface area (Å²) in [5, 5.41) is 16.1. The fourth-order valence-corrected chi connectivity index (χ4v) is 2.71. The number of fused-ring (bicyclic) bond motifs is 1. The van der Waals surface area contributed by atoms with Gasteiger partial charge in [-0.15, -0.1) is 0 Å². The van der Waals surface area contributed by atoms with Gasteiger partial charge in [-0.3, -0.25) is 20.5 Å². The number of nitrogens with one attached hydrogen (secondary N) is 1. The Labute approximate surface area is 154 Å². The third-order valence-electron chi connectivity index (χ3n) is 3.98. The summed E-state index contributed by atoms with van der Waals surface area (Å²) in [4.78, 5) is 14.8. The second-order valence-corrected chi connectivity index (χ2v) is 5.76. The summed E-state index contributed by atoms with van der Waals surface area (Å²) >= 11 is 0. The summed E-state index contributed by atoms with van der Waals surface area (Å²) in [5.41, 5.74) is 5.23. The molecular weight excluding hydrogens is 344 g/mol. The molecule has 0 bridgehead atoms. The normalized spacial score (nSPS) is 11.1. The zero-order valence-electron chi connectivity index (χ0n) is 14.1. The van der Waals surface area contributed by atoms with Gasteiger partial charge in [-0.2, -0.15) is 5.10 Å². The Morgan fingerprint density at radius 3 is 2.81 bits per heavy atom. The van der Waals surface area contributed by atoms with Gasteiger partial charge in [0, 0.05) is 29.3 Å². The number of hydrogen-bond acceptors (Lipinski definition) is 6. The van der Waals surface area contributed by atoms with Gasteiger partial charge in [0.2, 0.25) is 0 Å². The monoisotopic (exact) mass is 358 g/mol. The molecule has 0 unspecified atom stereocenters. The van der Waals surface area contributed by atoms with Gasteiger partial charge in [-0.25, -0.2) is 0 Å². The molecule has 4 rings (SSSR count). The quantitative estimate of drug-likeness (QED) is 0.313. The van der Waals surface area contributed by atoms with E-state index >= 15 is 0 Å². The lowest BCUT2D eigenvalue weighted by atomic mass is 10.1. The summed E-state index contributed by atoms with van der Waals surface area (Å²) in [6, 6.07) is 19.5. The highest BCUT2D eigenvalue weighted by atomic mass is 16.6. The molecule has 132 valence electrons. The van der Waals surface area contributed by atoms with Crippen LogP contribution in [0.4, 0.5) is 11.4 Å². The Morgan fingerprint density at radius 1 is 1.07 bits per heavy atom. The molecule has 0 saturated carbocycles. The van der Waals surface area contributed by atoms with Crippen LogP contribution in [0.3, 0.4) is 0 Å². The van der Waals surface area contributed by atoms with E-state index in [1.165, 1.54) is 12.1 Å². The molecule has 0 radical (unpaired) electrons. The lowest BCUT2D eigenvalue weighted by Crippen LogP contribution is -1.92. The van der Waals surface area contributed by atoms with Crippen molar-refractivity contribution >= 4 is 28.5 Å². The Morgan fingerprint density at radius 2 is 1.93 bits per heavy atom. The molecule has 2 heterocycles. The zero-order valence-corrected chi connectivity index (χ0v) is 14.1. The topological polar surface area (TPSA) is 93.6 Å². The SMILES string of the molecule is O=[N+]([O-])c1cccc(-c2ccc(/C=N\Nc3cccc4cccnc34)o2)c1. The number of nitrogens with zero attached hydrogens (tertiary/aromatic N) is 3. The van der Waals surface area contributed by atoms with Gasteiger partial charge < -0.3 is 4.42 Å². The van der Waals surface area contributed by atoms with Crippen LogP contribution in [0.25, 0.3) is 22.2 Å². The minimum atomic E-state index is -0.434. The number of hydrogen-bond donors (Lipinski definition) is 1. The number of non-ortho nitro benzene ring substituents is 1. The van der Waals surface area contributed by atoms with Crippen LogP contribution in [0.5, 0.6) is 0 Å². The Balaban J connectivity index is 1.52. The summed E-state index contributed by atoms with van der Waals surface area (Å²) in [6.07, 6.45) is 3.28.